The number of hydrogen-bond donors (Lipinski definition) is 0. The second-order valence-corrected chi connectivity index (χ2v) is 6.54. The van der Waals surface area contributed by atoms with Crippen LogP contribution in [0.4, 0.5) is 13.2 Å². The van der Waals surface area contributed by atoms with Gasteiger partial charge in [-0.3, -0.25) is 4.79 Å². The number of carbonyl (C=O) groups excluding carboxylic acids is 1. The van der Waals surface area contributed by atoms with Crippen LogP contribution in [-0.4, -0.2) is 23.3 Å². The van der Waals surface area contributed by atoms with Crippen molar-refractivity contribution in [3.05, 3.63) is 35.1 Å². The monoisotopic (exact) mass is 311 g/mol. The summed E-state index contributed by atoms with van der Waals surface area (Å²) in [5, 5.41) is 0. The van der Waals surface area contributed by atoms with Gasteiger partial charge in [0.2, 0.25) is 5.91 Å². The Balaban J connectivity index is 1.96. The topological polar surface area (TPSA) is 20.3 Å². The maximum Gasteiger partial charge on any atom is 0.252 e. The number of aryl methyl sites for hydroxylation is 1. The number of amides is 1. The molecule has 2 saturated heterocycles. The average molecular weight is 311 g/mol. The molecular formula is C17H20F3NO. The molecular weight excluding hydrogens is 291 g/mol. The molecule has 2 heterocycles. The van der Waals surface area contributed by atoms with Gasteiger partial charge in [-0.1, -0.05) is 13.0 Å². The third-order valence-electron chi connectivity index (χ3n) is 5.26. The largest absolute Gasteiger partial charge is 0.332 e. The number of hydrogen-bond acceptors (Lipinski definition) is 1. The summed E-state index contributed by atoms with van der Waals surface area (Å²) in [6, 6.07) is 4.27. The van der Waals surface area contributed by atoms with E-state index in [9.17, 15) is 18.0 Å². The number of nitrogens with zero attached hydrogens (tertiary/aromatic N) is 1. The number of fused-ring (bicyclic) bond motifs is 1. The summed E-state index contributed by atoms with van der Waals surface area (Å²) >= 11 is 0. The molecule has 0 unspecified atom stereocenters. The molecule has 22 heavy (non-hydrogen) atoms. The fourth-order valence-electron chi connectivity index (χ4n) is 4.07. The minimum atomic E-state index is -2.65. The fourth-order valence-corrected chi connectivity index (χ4v) is 4.07. The van der Waals surface area contributed by atoms with E-state index in [4.69, 9.17) is 0 Å². The summed E-state index contributed by atoms with van der Waals surface area (Å²) in [5.74, 6) is -0.805. The Labute approximate surface area is 128 Å². The van der Waals surface area contributed by atoms with E-state index in [1.165, 1.54) is 12.1 Å². The van der Waals surface area contributed by atoms with E-state index < -0.39 is 17.7 Å². The number of benzene rings is 1. The molecule has 0 saturated carbocycles. The molecule has 5 heteroatoms. The van der Waals surface area contributed by atoms with Crippen molar-refractivity contribution >= 4 is 5.91 Å². The lowest BCUT2D eigenvalue weighted by Gasteiger charge is -2.29. The zero-order valence-electron chi connectivity index (χ0n) is 12.8. The molecule has 0 radical (unpaired) electrons. The summed E-state index contributed by atoms with van der Waals surface area (Å²) in [7, 11) is 0. The van der Waals surface area contributed by atoms with Crippen molar-refractivity contribution in [1.29, 1.82) is 0 Å². The van der Waals surface area contributed by atoms with Crippen molar-refractivity contribution < 1.29 is 18.0 Å². The fraction of sp³-hybridized carbons (Fsp3) is 0.588. The van der Waals surface area contributed by atoms with E-state index in [-0.39, 0.29) is 30.7 Å². The van der Waals surface area contributed by atoms with Crippen molar-refractivity contribution in [3.8, 4) is 0 Å². The highest BCUT2D eigenvalue weighted by molar-refractivity contribution is 5.86. The predicted molar refractivity (Wildman–Crippen MR) is 77.1 cm³/mol. The summed E-state index contributed by atoms with van der Waals surface area (Å²) in [6.07, 6.45) is -0.871. The molecule has 2 aliphatic rings. The molecule has 0 aliphatic carbocycles. The van der Waals surface area contributed by atoms with Crippen molar-refractivity contribution in [2.24, 2.45) is 5.41 Å². The van der Waals surface area contributed by atoms with Gasteiger partial charge in [-0.05, 0) is 55.9 Å². The molecule has 0 N–H and O–H groups in total. The second-order valence-electron chi connectivity index (χ2n) is 6.54. The molecule has 0 bridgehead atoms. The van der Waals surface area contributed by atoms with Crippen LogP contribution in [0.25, 0.3) is 0 Å². The second kappa shape index (κ2) is 5.28. The van der Waals surface area contributed by atoms with Gasteiger partial charge >= 0.3 is 0 Å². The Kier molecular flexibility index (Phi) is 3.69. The highest BCUT2D eigenvalue weighted by Gasteiger charge is 2.59. The maximum absolute atomic E-state index is 13.6. The van der Waals surface area contributed by atoms with Crippen LogP contribution in [0.1, 0.15) is 49.8 Å². The highest BCUT2D eigenvalue weighted by atomic mass is 19.3. The SMILES string of the molecule is CC[C@@]1(C(F)F)C[C@H]2CC[C@@H](c3cc(C)cc(F)c3)N2C1=O. The molecule has 2 fully saturated rings. The molecule has 2 aliphatic heterocycles. The van der Waals surface area contributed by atoms with Crippen LogP contribution in [0, 0.1) is 18.2 Å². The summed E-state index contributed by atoms with van der Waals surface area (Å²) in [6.45, 7) is 3.44. The zero-order valence-corrected chi connectivity index (χ0v) is 12.8. The van der Waals surface area contributed by atoms with Gasteiger partial charge in [0.1, 0.15) is 11.2 Å². The Morgan fingerprint density at radius 3 is 2.64 bits per heavy atom. The van der Waals surface area contributed by atoms with Gasteiger partial charge in [0.15, 0.2) is 0 Å². The first-order valence-corrected chi connectivity index (χ1v) is 7.77. The van der Waals surface area contributed by atoms with Gasteiger partial charge in [0.05, 0.1) is 6.04 Å². The molecule has 3 rings (SSSR count). The first kappa shape index (κ1) is 15.4. The van der Waals surface area contributed by atoms with Crippen LogP contribution in [0.5, 0.6) is 0 Å². The van der Waals surface area contributed by atoms with Crippen molar-refractivity contribution in [2.75, 3.05) is 0 Å². The minimum Gasteiger partial charge on any atom is -0.332 e. The lowest BCUT2D eigenvalue weighted by Crippen LogP contribution is -2.40. The standard InChI is InChI=1S/C17H20F3NO/c1-3-17(15(19)20)9-13-4-5-14(21(13)16(17)22)11-6-10(2)7-12(18)8-11/h6-8,13-15H,3-5,9H2,1-2H3/t13-,14+,17+/m1/s1. The van der Waals surface area contributed by atoms with Crippen molar-refractivity contribution in [3.63, 3.8) is 0 Å². The van der Waals surface area contributed by atoms with Gasteiger partial charge in [0.25, 0.3) is 6.43 Å². The zero-order chi connectivity index (χ0) is 16.1. The Morgan fingerprint density at radius 2 is 2.05 bits per heavy atom. The van der Waals surface area contributed by atoms with Gasteiger partial charge in [-0.25, -0.2) is 13.2 Å². The molecule has 0 aromatic heterocycles. The Morgan fingerprint density at radius 1 is 1.32 bits per heavy atom. The van der Waals surface area contributed by atoms with Gasteiger partial charge < -0.3 is 4.90 Å². The van der Waals surface area contributed by atoms with Gasteiger partial charge in [-0.2, -0.15) is 0 Å². The number of halogens is 3. The molecule has 1 aromatic rings. The first-order chi connectivity index (χ1) is 10.4. The summed E-state index contributed by atoms with van der Waals surface area (Å²) in [4.78, 5) is 14.3. The van der Waals surface area contributed by atoms with Crippen LogP contribution < -0.4 is 0 Å². The maximum atomic E-state index is 13.6. The third kappa shape index (κ3) is 2.13. The first-order valence-electron chi connectivity index (χ1n) is 7.77. The molecule has 1 aromatic carbocycles. The Hall–Kier alpha value is -1.52. The third-order valence-corrected chi connectivity index (χ3v) is 5.26. The Bertz CT molecular complexity index is 583. The van der Waals surface area contributed by atoms with Crippen molar-refractivity contribution in [1.82, 2.24) is 4.90 Å². The molecule has 0 spiro atoms. The summed E-state index contributed by atoms with van der Waals surface area (Å²) < 4.78 is 40.7. The lowest BCUT2D eigenvalue weighted by atomic mass is 9.81. The van der Waals surface area contributed by atoms with E-state index >= 15 is 0 Å². The number of alkyl halides is 2. The molecule has 2 nitrogen and oxygen atoms in total. The minimum absolute atomic E-state index is 0.143. The van der Waals surface area contributed by atoms with Gasteiger partial charge in [-0.15, -0.1) is 0 Å². The van der Waals surface area contributed by atoms with Crippen LogP contribution in [0.15, 0.2) is 18.2 Å². The van der Waals surface area contributed by atoms with Crippen molar-refractivity contribution in [2.45, 2.75) is 58.0 Å². The van der Waals surface area contributed by atoms with Crippen LogP contribution in [0.3, 0.4) is 0 Å². The molecule has 120 valence electrons. The number of carbonyl (C=O) groups is 1. The van der Waals surface area contributed by atoms with E-state index in [0.29, 0.717) is 12.8 Å². The van der Waals surface area contributed by atoms with Crippen LogP contribution in [-0.2, 0) is 4.79 Å². The normalized spacial score (nSPS) is 31.2. The predicted octanol–water partition coefficient (Wildman–Crippen LogP) is 4.23. The lowest BCUT2D eigenvalue weighted by molar-refractivity contribution is -0.146. The molecule has 3 atom stereocenters. The van der Waals surface area contributed by atoms with E-state index in [2.05, 4.69) is 0 Å². The van der Waals surface area contributed by atoms with Crippen LogP contribution >= 0.6 is 0 Å². The van der Waals surface area contributed by atoms with Crippen LogP contribution in [0.2, 0.25) is 0 Å². The highest BCUT2D eigenvalue weighted by Crippen LogP contribution is 2.52. The van der Waals surface area contributed by atoms with E-state index in [0.717, 1.165) is 11.1 Å². The smallest absolute Gasteiger partial charge is 0.252 e. The average Bonchev–Trinajstić information content (AvgIpc) is 2.96. The number of rotatable bonds is 3. The van der Waals surface area contributed by atoms with Gasteiger partial charge in [0, 0.05) is 6.04 Å². The summed E-state index contributed by atoms with van der Waals surface area (Å²) in [5.41, 5.74) is -0.0543. The van der Waals surface area contributed by atoms with E-state index in [1.54, 1.807) is 18.7 Å². The quantitative estimate of drug-likeness (QED) is 0.818. The van der Waals surface area contributed by atoms with E-state index in [1.807, 2.05) is 6.07 Å². The molecule has 1 amide bonds.